The minimum absolute atomic E-state index is 0.204. The van der Waals surface area contributed by atoms with Crippen molar-refractivity contribution in [2.75, 3.05) is 18.4 Å². The molecule has 3 aromatic rings. The van der Waals surface area contributed by atoms with Gasteiger partial charge in [-0.15, -0.1) is 11.3 Å². The molecule has 0 fully saturated rings. The van der Waals surface area contributed by atoms with Crippen molar-refractivity contribution in [3.8, 4) is 11.5 Å². The van der Waals surface area contributed by atoms with Gasteiger partial charge in [0.25, 0.3) is 5.91 Å². The molecule has 1 heterocycles. The molecule has 0 saturated heterocycles. The van der Waals surface area contributed by atoms with E-state index in [1.807, 2.05) is 30.3 Å². The third-order valence-electron chi connectivity index (χ3n) is 3.70. The second-order valence-electron chi connectivity index (χ2n) is 5.93. The summed E-state index contributed by atoms with van der Waals surface area (Å²) in [4.78, 5) is 36.2. The fraction of sp³-hybridized carbons (Fsp3) is 0.0952. The first-order valence-corrected chi connectivity index (χ1v) is 9.69. The van der Waals surface area contributed by atoms with Crippen LogP contribution in [0.25, 0.3) is 0 Å². The average molecular weight is 409 g/mol. The summed E-state index contributed by atoms with van der Waals surface area (Å²) in [5, 5.41) is 9.43. The maximum atomic E-state index is 12.1. The molecule has 1 aromatic heterocycles. The van der Waals surface area contributed by atoms with Crippen LogP contribution in [-0.2, 0) is 9.59 Å². The van der Waals surface area contributed by atoms with Crippen molar-refractivity contribution in [2.45, 2.75) is 0 Å². The number of nitrogens with one attached hydrogen (secondary N) is 3. The Labute approximate surface area is 171 Å². The molecule has 148 valence electrons. The molecule has 2 aromatic carbocycles. The van der Waals surface area contributed by atoms with E-state index in [9.17, 15) is 14.4 Å². The van der Waals surface area contributed by atoms with Crippen LogP contribution in [0.2, 0.25) is 0 Å². The third-order valence-corrected chi connectivity index (χ3v) is 4.57. The van der Waals surface area contributed by atoms with Gasteiger partial charge in [0.05, 0.1) is 18.0 Å². The topological polar surface area (TPSA) is 96.5 Å². The van der Waals surface area contributed by atoms with Gasteiger partial charge in [-0.05, 0) is 35.7 Å². The lowest BCUT2D eigenvalue weighted by Gasteiger charge is -2.10. The molecule has 0 bridgehead atoms. The molecule has 0 aliphatic heterocycles. The molecule has 0 radical (unpaired) electrons. The van der Waals surface area contributed by atoms with E-state index in [0.717, 1.165) is 0 Å². The van der Waals surface area contributed by atoms with Gasteiger partial charge >= 0.3 is 0 Å². The van der Waals surface area contributed by atoms with Gasteiger partial charge in [0, 0.05) is 11.8 Å². The molecule has 8 heteroatoms. The zero-order valence-corrected chi connectivity index (χ0v) is 16.2. The van der Waals surface area contributed by atoms with E-state index in [0.29, 0.717) is 22.1 Å². The van der Waals surface area contributed by atoms with Crippen molar-refractivity contribution in [3.05, 3.63) is 77.0 Å². The van der Waals surface area contributed by atoms with Gasteiger partial charge in [0.15, 0.2) is 0 Å². The first kappa shape index (κ1) is 20.1. The van der Waals surface area contributed by atoms with Gasteiger partial charge in [0.1, 0.15) is 11.5 Å². The molecule has 0 saturated carbocycles. The van der Waals surface area contributed by atoms with Crippen molar-refractivity contribution in [1.82, 2.24) is 10.6 Å². The minimum atomic E-state index is -0.453. The van der Waals surface area contributed by atoms with Crippen LogP contribution in [0.15, 0.2) is 72.1 Å². The number of rotatable bonds is 8. The molecule has 3 amide bonds. The van der Waals surface area contributed by atoms with E-state index < -0.39 is 5.91 Å². The summed E-state index contributed by atoms with van der Waals surface area (Å²) in [7, 11) is 0. The zero-order chi connectivity index (χ0) is 20.5. The molecule has 3 N–H and O–H groups in total. The second-order valence-corrected chi connectivity index (χ2v) is 6.88. The lowest BCUT2D eigenvalue weighted by molar-refractivity contribution is -0.123. The van der Waals surface area contributed by atoms with Crippen LogP contribution in [0.4, 0.5) is 5.69 Å². The summed E-state index contributed by atoms with van der Waals surface area (Å²) >= 11 is 1.29. The zero-order valence-electron chi connectivity index (χ0n) is 15.4. The summed E-state index contributed by atoms with van der Waals surface area (Å²) in [5.41, 5.74) is 0.545. The van der Waals surface area contributed by atoms with Crippen molar-refractivity contribution in [3.63, 3.8) is 0 Å². The Bertz CT molecular complexity index is 975. The summed E-state index contributed by atoms with van der Waals surface area (Å²) < 4.78 is 5.72. The number of ether oxygens (including phenoxy) is 1. The highest BCUT2D eigenvalue weighted by molar-refractivity contribution is 7.12. The largest absolute Gasteiger partial charge is 0.457 e. The van der Waals surface area contributed by atoms with Crippen LogP contribution < -0.4 is 20.7 Å². The summed E-state index contributed by atoms with van der Waals surface area (Å²) in [6, 6.07) is 19.7. The Kier molecular flexibility index (Phi) is 6.96. The minimum Gasteiger partial charge on any atom is -0.457 e. The molecule has 29 heavy (non-hydrogen) atoms. The number of hydrogen-bond acceptors (Lipinski definition) is 5. The number of carbonyl (C=O) groups is 3. The van der Waals surface area contributed by atoms with E-state index in [2.05, 4.69) is 16.0 Å². The molecular formula is C21H19N3O4S. The van der Waals surface area contributed by atoms with Gasteiger partial charge in [0.2, 0.25) is 11.8 Å². The Morgan fingerprint density at radius 3 is 2.31 bits per heavy atom. The molecule has 7 nitrogen and oxygen atoms in total. The number of benzene rings is 2. The van der Waals surface area contributed by atoms with Crippen LogP contribution in [0, 0.1) is 0 Å². The van der Waals surface area contributed by atoms with Gasteiger partial charge in [-0.1, -0.05) is 30.3 Å². The van der Waals surface area contributed by atoms with E-state index in [-0.39, 0.29) is 24.9 Å². The van der Waals surface area contributed by atoms with E-state index in [1.54, 1.807) is 41.8 Å². The normalized spacial score (nSPS) is 10.1. The predicted molar refractivity (Wildman–Crippen MR) is 111 cm³/mol. The SMILES string of the molecule is O=C(CNC(=O)c1cccs1)NCC(=O)Nc1cccc(Oc2ccccc2)c1. The second kappa shape index (κ2) is 10.0. The number of para-hydroxylation sites is 1. The van der Waals surface area contributed by atoms with E-state index >= 15 is 0 Å². The van der Waals surface area contributed by atoms with Crippen LogP contribution in [0.3, 0.4) is 0 Å². The summed E-state index contributed by atoms with van der Waals surface area (Å²) in [6.07, 6.45) is 0. The van der Waals surface area contributed by atoms with Crippen molar-refractivity contribution < 1.29 is 19.1 Å². The Balaban J connectivity index is 1.42. The number of anilines is 1. The van der Waals surface area contributed by atoms with Gasteiger partial charge in [-0.3, -0.25) is 14.4 Å². The third kappa shape index (κ3) is 6.47. The predicted octanol–water partition coefficient (Wildman–Crippen LogP) is 3.03. The van der Waals surface area contributed by atoms with E-state index in [1.165, 1.54) is 11.3 Å². The Morgan fingerprint density at radius 1 is 0.793 bits per heavy atom. The highest BCUT2D eigenvalue weighted by Crippen LogP contribution is 2.23. The van der Waals surface area contributed by atoms with Crippen LogP contribution in [0.1, 0.15) is 9.67 Å². The highest BCUT2D eigenvalue weighted by Gasteiger charge is 2.10. The van der Waals surface area contributed by atoms with Crippen LogP contribution >= 0.6 is 11.3 Å². The van der Waals surface area contributed by atoms with Crippen molar-refractivity contribution in [1.29, 1.82) is 0 Å². The Hall–Kier alpha value is -3.65. The van der Waals surface area contributed by atoms with Gasteiger partial charge < -0.3 is 20.7 Å². The summed E-state index contributed by atoms with van der Waals surface area (Å²) in [6.45, 7) is -0.415. The molecule has 0 unspecified atom stereocenters. The van der Waals surface area contributed by atoms with Crippen molar-refractivity contribution in [2.24, 2.45) is 0 Å². The van der Waals surface area contributed by atoms with Crippen LogP contribution in [-0.4, -0.2) is 30.8 Å². The number of thiophene rings is 1. The number of carbonyl (C=O) groups excluding carboxylic acids is 3. The standard InChI is InChI=1S/C21H19N3O4S/c25-19(13-23-21(27)18-10-5-11-29-18)22-14-20(26)24-15-6-4-9-17(12-15)28-16-7-2-1-3-8-16/h1-12H,13-14H2,(H,22,25)(H,23,27)(H,24,26). The average Bonchev–Trinajstić information content (AvgIpc) is 3.26. The number of hydrogen-bond donors (Lipinski definition) is 3. The van der Waals surface area contributed by atoms with Gasteiger partial charge in [-0.2, -0.15) is 0 Å². The van der Waals surface area contributed by atoms with Crippen molar-refractivity contribution >= 4 is 34.7 Å². The maximum absolute atomic E-state index is 12.1. The molecular weight excluding hydrogens is 390 g/mol. The molecule has 0 aliphatic rings. The van der Waals surface area contributed by atoms with Crippen LogP contribution in [0.5, 0.6) is 11.5 Å². The smallest absolute Gasteiger partial charge is 0.261 e. The highest BCUT2D eigenvalue weighted by atomic mass is 32.1. The lowest BCUT2D eigenvalue weighted by atomic mass is 10.3. The first-order valence-electron chi connectivity index (χ1n) is 8.81. The quantitative estimate of drug-likeness (QED) is 0.533. The molecule has 0 spiro atoms. The van der Waals surface area contributed by atoms with E-state index in [4.69, 9.17) is 4.74 Å². The molecule has 0 aliphatic carbocycles. The fourth-order valence-corrected chi connectivity index (χ4v) is 3.00. The monoisotopic (exact) mass is 409 g/mol. The fourth-order valence-electron chi connectivity index (χ4n) is 2.36. The Morgan fingerprint density at radius 2 is 1.55 bits per heavy atom. The summed E-state index contributed by atoms with van der Waals surface area (Å²) in [5.74, 6) is 0.100. The lowest BCUT2D eigenvalue weighted by Crippen LogP contribution is -2.40. The molecule has 0 atom stereocenters. The maximum Gasteiger partial charge on any atom is 0.261 e. The van der Waals surface area contributed by atoms with Gasteiger partial charge in [-0.25, -0.2) is 0 Å². The first-order chi connectivity index (χ1) is 14.1. The number of amides is 3. The molecule has 3 rings (SSSR count).